The minimum Gasteiger partial charge on any atom is -0.481 e. The summed E-state index contributed by atoms with van der Waals surface area (Å²) in [5.41, 5.74) is 0.882. The van der Waals surface area contributed by atoms with Crippen LogP contribution in [-0.4, -0.2) is 25.7 Å². The Labute approximate surface area is 97.3 Å². The minimum absolute atomic E-state index is 0.0468. The summed E-state index contributed by atoms with van der Waals surface area (Å²) in [5, 5.41) is 9.77. The maximum absolute atomic E-state index is 10.6. The predicted molar refractivity (Wildman–Crippen MR) is 62.8 cm³/mol. The van der Waals surface area contributed by atoms with E-state index in [9.17, 15) is 4.79 Å². The summed E-state index contributed by atoms with van der Waals surface area (Å²) in [4.78, 5) is 14.8. The van der Waals surface area contributed by atoms with Gasteiger partial charge in [0.2, 0.25) is 0 Å². The molecule has 0 aliphatic heterocycles. The van der Waals surface area contributed by atoms with Gasteiger partial charge in [-0.15, -0.1) is 11.8 Å². The molecule has 0 saturated heterocycles. The van der Waals surface area contributed by atoms with Gasteiger partial charge in [-0.3, -0.25) is 9.20 Å². The van der Waals surface area contributed by atoms with Crippen molar-refractivity contribution in [3.63, 3.8) is 0 Å². The third-order valence-electron chi connectivity index (χ3n) is 2.17. The fourth-order valence-corrected chi connectivity index (χ4v) is 2.57. The molecule has 16 heavy (non-hydrogen) atoms. The van der Waals surface area contributed by atoms with Crippen molar-refractivity contribution in [3.05, 3.63) is 30.6 Å². The quantitative estimate of drug-likeness (QED) is 0.827. The Bertz CT molecular complexity index is 509. The second-order valence-corrected chi connectivity index (χ2v) is 5.00. The van der Waals surface area contributed by atoms with Crippen LogP contribution in [0.15, 0.2) is 35.6 Å². The number of hydrogen-bond acceptors (Lipinski definition) is 3. The first-order valence-corrected chi connectivity index (χ1v) is 5.85. The Hall–Kier alpha value is -1.49. The molecular weight excluding hydrogens is 224 g/mol. The number of hydrogen-bond donors (Lipinski definition) is 1. The van der Waals surface area contributed by atoms with E-state index in [2.05, 4.69) is 4.98 Å². The fourth-order valence-electron chi connectivity index (χ4n) is 1.51. The Kier molecular flexibility index (Phi) is 3.14. The highest BCUT2D eigenvalue weighted by molar-refractivity contribution is 7.99. The van der Waals surface area contributed by atoms with E-state index in [4.69, 9.17) is 5.11 Å². The molecule has 2 rings (SSSR count). The second-order valence-electron chi connectivity index (χ2n) is 3.55. The van der Waals surface area contributed by atoms with Crippen molar-refractivity contribution in [3.8, 4) is 0 Å². The Balaban J connectivity index is 2.20. The Morgan fingerprint density at radius 1 is 1.62 bits per heavy atom. The molecule has 0 saturated carbocycles. The van der Waals surface area contributed by atoms with Gasteiger partial charge in [0.15, 0.2) is 0 Å². The van der Waals surface area contributed by atoms with E-state index < -0.39 is 5.97 Å². The van der Waals surface area contributed by atoms with Crippen LogP contribution in [0.2, 0.25) is 0 Å². The van der Waals surface area contributed by atoms with E-state index in [1.807, 2.05) is 35.7 Å². The number of aliphatic carboxylic acids is 1. The van der Waals surface area contributed by atoms with Crippen molar-refractivity contribution in [2.24, 2.45) is 0 Å². The number of carboxylic acid groups (broad SMARTS) is 1. The van der Waals surface area contributed by atoms with Gasteiger partial charge < -0.3 is 5.11 Å². The molecule has 0 aliphatic rings. The SMILES string of the molecule is CC(CC(=O)O)Sc1cccc2nccn12. The van der Waals surface area contributed by atoms with Crippen LogP contribution in [0, 0.1) is 0 Å². The molecule has 4 nitrogen and oxygen atoms in total. The maximum Gasteiger partial charge on any atom is 0.304 e. The number of aromatic nitrogens is 2. The van der Waals surface area contributed by atoms with Crippen molar-refractivity contribution in [2.45, 2.75) is 23.6 Å². The average molecular weight is 236 g/mol. The highest BCUT2D eigenvalue weighted by Gasteiger charge is 2.11. The third-order valence-corrected chi connectivity index (χ3v) is 3.32. The largest absolute Gasteiger partial charge is 0.481 e. The summed E-state index contributed by atoms with van der Waals surface area (Å²) in [6.07, 6.45) is 3.78. The number of carbonyl (C=O) groups is 1. The molecule has 1 unspecified atom stereocenters. The second kappa shape index (κ2) is 4.57. The summed E-state index contributed by atoms with van der Waals surface area (Å²) in [5.74, 6) is -0.766. The fraction of sp³-hybridized carbons (Fsp3) is 0.273. The van der Waals surface area contributed by atoms with Crippen molar-refractivity contribution in [2.75, 3.05) is 0 Å². The lowest BCUT2D eigenvalue weighted by Gasteiger charge is -2.09. The molecule has 0 aromatic carbocycles. The van der Waals surface area contributed by atoms with Crippen LogP contribution in [0.25, 0.3) is 5.65 Å². The van der Waals surface area contributed by atoms with E-state index in [1.165, 1.54) is 0 Å². The van der Waals surface area contributed by atoms with Crippen LogP contribution in [0.3, 0.4) is 0 Å². The highest BCUT2D eigenvalue weighted by Crippen LogP contribution is 2.25. The summed E-state index contributed by atoms with van der Waals surface area (Å²) in [6.45, 7) is 1.91. The molecule has 0 radical (unpaired) electrons. The summed E-state index contributed by atoms with van der Waals surface area (Å²) < 4.78 is 1.96. The van der Waals surface area contributed by atoms with Crippen LogP contribution in [0.4, 0.5) is 0 Å². The number of imidazole rings is 1. The monoisotopic (exact) mass is 236 g/mol. The third kappa shape index (κ3) is 2.36. The zero-order valence-corrected chi connectivity index (χ0v) is 9.65. The Morgan fingerprint density at radius 3 is 3.19 bits per heavy atom. The first-order chi connectivity index (χ1) is 7.66. The van der Waals surface area contributed by atoms with Gasteiger partial charge in [-0.2, -0.15) is 0 Å². The van der Waals surface area contributed by atoms with Crippen molar-refractivity contribution >= 4 is 23.4 Å². The van der Waals surface area contributed by atoms with Gasteiger partial charge in [0, 0.05) is 17.6 Å². The standard InChI is InChI=1S/C11H12N2O2S/c1-8(7-11(14)15)16-10-4-2-3-9-12-5-6-13(9)10/h2-6,8H,7H2,1H3,(H,14,15). The molecule has 0 spiro atoms. The van der Waals surface area contributed by atoms with Crippen LogP contribution in [0.5, 0.6) is 0 Å². The van der Waals surface area contributed by atoms with Gasteiger partial charge in [0.05, 0.1) is 11.4 Å². The van der Waals surface area contributed by atoms with E-state index in [0.717, 1.165) is 10.7 Å². The number of rotatable bonds is 4. The minimum atomic E-state index is -0.766. The number of pyridine rings is 1. The lowest BCUT2D eigenvalue weighted by atomic mass is 10.3. The van der Waals surface area contributed by atoms with Crippen LogP contribution >= 0.6 is 11.8 Å². The first-order valence-electron chi connectivity index (χ1n) is 4.97. The van der Waals surface area contributed by atoms with Gasteiger partial charge in [-0.25, -0.2) is 4.98 Å². The smallest absolute Gasteiger partial charge is 0.304 e. The molecule has 0 fully saturated rings. The number of carboxylic acids is 1. The number of thioether (sulfide) groups is 1. The van der Waals surface area contributed by atoms with Crippen LogP contribution in [-0.2, 0) is 4.79 Å². The van der Waals surface area contributed by atoms with Gasteiger partial charge in [0.1, 0.15) is 5.65 Å². The zero-order valence-electron chi connectivity index (χ0n) is 8.83. The summed E-state index contributed by atoms with van der Waals surface area (Å²) in [7, 11) is 0. The number of nitrogens with zero attached hydrogens (tertiary/aromatic N) is 2. The van der Waals surface area contributed by atoms with Crippen LogP contribution < -0.4 is 0 Å². The summed E-state index contributed by atoms with van der Waals surface area (Å²) in [6, 6.07) is 5.82. The lowest BCUT2D eigenvalue weighted by Crippen LogP contribution is -2.06. The highest BCUT2D eigenvalue weighted by atomic mass is 32.2. The molecule has 1 atom stereocenters. The molecule has 2 heterocycles. The Morgan fingerprint density at radius 2 is 2.44 bits per heavy atom. The van der Waals surface area contributed by atoms with Crippen molar-refractivity contribution in [1.29, 1.82) is 0 Å². The summed E-state index contributed by atoms with van der Waals surface area (Å²) >= 11 is 1.55. The van der Waals surface area contributed by atoms with Gasteiger partial charge in [-0.1, -0.05) is 13.0 Å². The lowest BCUT2D eigenvalue weighted by molar-refractivity contribution is -0.136. The number of fused-ring (bicyclic) bond motifs is 1. The molecule has 2 aromatic rings. The molecule has 84 valence electrons. The predicted octanol–water partition coefficient (Wildman–Crippen LogP) is 2.29. The van der Waals surface area contributed by atoms with Crippen molar-refractivity contribution in [1.82, 2.24) is 9.38 Å². The van der Waals surface area contributed by atoms with Crippen molar-refractivity contribution < 1.29 is 9.90 Å². The van der Waals surface area contributed by atoms with Gasteiger partial charge in [-0.05, 0) is 12.1 Å². The van der Waals surface area contributed by atoms with E-state index in [-0.39, 0.29) is 11.7 Å². The first kappa shape index (κ1) is 11.0. The topological polar surface area (TPSA) is 54.6 Å². The van der Waals surface area contributed by atoms with E-state index >= 15 is 0 Å². The maximum atomic E-state index is 10.6. The molecule has 0 amide bonds. The molecule has 1 N–H and O–H groups in total. The van der Waals surface area contributed by atoms with Gasteiger partial charge >= 0.3 is 5.97 Å². The van der Waals surface area contributed by atoms with E-state index in [1.54, 1.807) is 18.0 Å². The normalized spacial score (nSPS) is 12.8. The zero-order chi connectivity index (χ0) is 11.5. The molecule has 0 bridgehead atoms. The molecular formula is C11H12N2O2S. The molecule has 2 aromatic heterocycles. The van der Waals surface area contributed by atoms with Crippen LogP contribution in [0.1, 0.15) is 13.3 Å². The average Bonchev–Trinajstić information content (AvgIpc) is 2.65. The van der Waals surface area contributed by atoms with E-state index in [0.29, 0.717) is 0 Å². The molecule has 5 heteroatoms. The van der Waals surface area contributed by atoms with Gasteiger partial charge in [0.25, 0.3) is 0 Å². The molecule has 0 aliphatic carbocycles.